The molecule has 0 unspecified atom stereocenters. The Kier molecular flexibility index (Phi) is 6.05. The smallest absolute Gasteiger partial charge is 0.238 e. The van der Waals surface area contributed by atoms with Crippen LogP contribution in [0.4, 0.5) is 0 Å². The summed E-state index contributed by atoms with van der Waals surface area (Å²) in [6.07, 6.45) is 0. The standard InChI is InChI=1S/C45H27N5S/c1-4-14-28(15-5-1)43-46-44(29-16-6-2-7-17-29)48-45(47-43)50-36-23-13-11-21-32(36)34-25-27-38-40(42(34)50)39-37(51-38)26-24-33-31-20-10-12-22-35(31)49(41(33)39)30-18-8-3-9-19-30/h1-27H. The normalized spacial score (nSPS) is 11.9. The van der Waals surface area contributed by atoms with Crippen molar-refractivity contribution in [3.63, 3.8) is 0 Å². The topological polar surface area (TPSA) is 48.5 Å². The van der Waals surface area contributed by atoms with Gasteiger partial charge in [0.15, 0.2) is 11.6 Å². The Morgan fingerprint density at radius 3 is 1.37 bits per heavy atom. The third kappa shape index (κ3) is 4.17. The second-order valence-corrected chi connectivity index (χ2v) is 13.9. The molecule has 0 N–H and O–H groups in total. The van der Waals surface area contributed by atoms with Crippen LogP contribution in [0, 0.1) is 0 Å². The molecule has 4 aromatic heterocycles. The summed E-state index contributed by atoms with van der Waals surface area (Å²) in [6, 6.07) is 57.6. The summed E-state index contributed by atoms with van der Waals surface area (Å²) in [5.41, 5.74) is 7.58. The molecule has 0 atom stereocenters. The van der Waals surface area contributed by atoms with Crippen LogP contribution < -0.4 is 0 Å². The zero-order valence-corrected chi connectivity index (χ0v) is 28.0. The van der Waals surface area contributed by atoms with Crippen molar-refractivity contribution >= 4 is 75.1 Å². The third-order valence-electron chi connectivity index (χ3n) is 9.97. The lowest BCUT2D eigenvalue weighted by Gasteiger charge is -2.12. The minimum Gasteiger partial charge on any atom is -0.309 e. The van der Waals surface area contributed by atoms with Crippen LogP contribution in [0.5, 0.6) is 0 Å². The molecule has 6 heteroatoms. The monoisotopic (exact) mass is 669 g/mol. The van der Waals surface area contributed by atoms with Gasteiger partial charge in [0.25, 0.3) is 0 Å². The molecule has 0 spiro atoms. The molecule has 0 saturated carbocycles. The molecule has 0 aliphatic rings. The molecule has 7 aromatic carbocycles. The SMILES string of the molecule is c1ccc(-c2nc(-c3ccccc3)nc(-n3c4ccccc4c4ccc5sc6ccc7c8ccccc8n(-c8ccccc8)c7c6c5c43)n2)cc1. The van der Waals surface area contributed by atoms with Crippen LogP contribution in [0.2, 0.25) is 0 Å². The van der Waals surface area contributed by atoms with Crippen molar-refractivity contribution < 1.29 is 0 Å². The Morgan fingerprint density at radius 1 is 0.373 bits per heavy atom. The van der Waals surface area contributed by atoms with Crippen LogP contribution in [-0.4, -0.2) is 24.1 Å². The second kappa shape index (κ2) is 10.9. The predicted molar refractivity (Wildman–Crippen MR) is 212 cm³/mol. The van der Waals surface area contributed by atoms with Gasteiger partial charge in [-0.2, -0.15) is 9.97 Å². The largest absolute Gasteiger partial charge is 0.309 e. The fraction of sp³-hybridized carbons (Fsp3) is 0. The highest BCUT2D eigenvalue weighted by Gasteiger charge is 2.24. The van der Waals surface area contributed by atoms with Crippen molar-refractivity contribution in [2.75, 3.05) is 0 Å². The molecule has 0 aliphatic carbocycles. The molecule has 0 fully saturated rings. The number of aromatic nitrogens is 5. The lowest BCUT2D eigenvalue weighted by atomic mass is 10.0. The van der Waals surface area contributed by atoms with Gasteiger partial charge in [0.2, 0.25) is 5.95 Å². The van der Waals surface area contributed by atoms with Crippen molar-refractivity contribution in [1.82, 2.24) is 24.1 Å². The van der Waals surface area contributed by atoms with Crippen molar-refractivity contribution in [1.29, 1.82) is 0 Å². The van der Waals surface area contributed by atoms with Gasteiger partial charge >= 0.3 is 0 Å². The zero-order chi connectivity index (χ0) is 33.5. The highest BCUT2D eigenvalue weighted by atomic mass is 32.1. The van der Waals surface area contributed by atoms with E-state index in [0.29, 0.717) is 17.6 Å². The number of hydrogen-bond acceptors (Lipinski definition) is 4. The number of nitrogens with zero attached hydrogens (tertiary/aromatic N) is 5. The van der Waals surface area contributed by atoms with Gasteiger partial charge < -0.3 is 4.57 Å². The van der Waals surface area contributed by atoms with E-state index in [1.807, 2.05) is 47.7 Å². The maximum Gasteiger partial charge on any atom is 0.238 e. The van der Waals surface area contributed by atoms with Crippen LogP contribution in [-0.2, 0) is 0 Å². The summed E-state index contributed by atoms with van der Waals surface area (Å²) in [6.45, 7) is 0. The molecule has 4 heterocycles. The highest BCUT2D eigenvalue weighted by molar-refractivity contribution is 7.26. The van der Waals surface area contributed by atoms with Crippen molar-refractivity contribution in [3.05, 3.63) is 164 Å². The van der Waals surface area contributed by atoms with Crippen LogP contribution in [0.1, 0.15) is 0 Å². The van der Waals surface area contributed by atoms with E-state index in [0.717, 1.165) is 33.2 Å². The van der Waals surface area contributed by atoms with Crippen molar-refractivity contribution in [2.24, 2.45) is 0 Å². The van der Waals surface area contributed by atoms with Crippen LogP contribution in [0.15, 0.2) is 164 Å². The number of hydrogen-bond donors (Lipinski definition) is 0. The average molecular weight is 670 g/mol. The molecule has 0 saturated heterocycles. The highest BCUT2D eigenvalue weighted by Crippen LogP contribution is 2.47. The third-order valence-corrected chi connectivity index (χ3v) is 11.1. The Labute approximate surface area is 296 Å². The molecule has 11 aromatic rings. The van der Waals surface area contributed by atoms with Gasteiger partial charge in [-0.25, -0.2) is 4.98 Å². The first-order valence-electron chi connectivity index (χ1n) is 17.0. The molecular formula is C45H27N5S. The Bertz CT molecular complexity index is 3060. The zero-order valence-electron chi connectivity index (χ0n) is 27.2. The van der Waals surface area contributed by atoms with E-state index in [-0.39, 0.29) is 0 Å². The average Bonchev–Trinajstić information content (AvgIpc) is 3.86. The second-order valence-electron chi connectivity index (χ2n) is 12.8. The van der Waals surface area contributed by atoms with Gasteiger partial charge in [0.05, 0.1) is 22.1 Å². The van der Waals surface area contributed by atoms with Crippen LogP contribution >= 0.6 is 11.3 Å². The Morgan fingerprint density at radius 2 is 0.824 bits per heavy atom. The van der Waals surface area contributed by atoms with Gasteiger partial charge in [-0.05, 0) is 36.4 Å². The summed E-state index contributed by atoms with van der Waals surface area (Å²) in [7, 11) is 0. The summed E-state index contributed by atoms with van der Waals surface area (Å²) < 4.78 is 7.18. The van der Waals surface area contributed by atoms with E-state index in [1.165, 1.54) is 47.4 Å². The summed E-state index contributed by atoms with van der Waals surface area (Å²) in [5, 5.41) is 7.25. The molecule has 0 radical (unpaired) electrons. The molecular weight excluding hydrogens is 643 g/mol. The number of para-hydroxylation sites is 3. The molecule has 0 bridgehead atoms. The first kappa shape index (κ1) is 28.2. The maximum absolute atomic E-state index is 5.24. The van der Waals surface area contributed by atoms with Crippen molar-refractivity contribution in [3.8, 4) is 34.4 Å². The van der Waals surface area contributed by atoms with Gasteiger partial charge in [0.1, 0.15) is 0 Å². The molecule has 5 nitrogen and oxygen atoms in total. The van der Waals surface area contributed by atoms with E-state index in [2.05, 4.69) is 137 Å². The number of rotatable bonds is 4. The predicted octanol–water partition coefficient (Wildman–Crippen LogP) is 11.8. The fourth-order valence-corrected chi connectivity index (χ4v) is 8.91. The van der Waals surface area contributed by atoms with E-state index in [1.54, 1.807) is 0 Å². The summed E-state index contributed by atoms with van der Waals surface area (Å²) >= 11 is 1.84. The van der Waals surface area contributed by atoms with Gasteiger partial charge in [-0.3, -0.25) is 4.57 Å². The number of fused-ring (bicyclic) bond motifs is 11. The van der Waals surface area contributed by atoms with Gasteiger partial charge in [0, 0.05) is 58.5 Å². The number of thiophene rings is 1. The van der Waals surface area contributed by atoms with Crippen LogP contribution in [0.3, 0.4) is 0 Å². The molecule has 0 amide bonds. The van der Waals surface area contributed by atoms with E-state index < -0.39 is 0 Å². The maximum atomic E-state index is 5.24. The summed E-state index contributed by atoms with van der Waals surface area (Å²) in [5.74, 6) is 1.87. The molecule has 238 valence electrons. The first-order chi connectivity index (χ1) is 25.3. The Balaban J connectivity index is 1.34. The van der Waals surface area contributed by atoms with E-state index >= 15 is 0 Å². The lowest BCUT2D eigenvalue weighted by molar-refractivity contribution is 0.955. The number of benzene rings is 7. The molecule has 11 rings (SSSR count). The van der Waals surface area contributed by atoms with E-state index in [9.17, 15) is 0 Å². The Hall–Kier alpha value is -6.63. The van der Waals surface area contributed by atoms with Crippen molar-refractivity contribution in [2.45, 2.75) is 0 Å². The van der Waals surface area contributed by atoms with Gasteiger partial charge in [-0.15, -0.1) is 11.3 Å². The minimum atomic E-state index is 0.594. The van der Waals surface area contributed by atoms with Crippen LogP contribution in [0.25, 0.3) is 98.2 Å². The van der Waals surface area contributed by atoms with Gasteiger partial charge in [-0.1, -0.05) is 127 Å². The fourth-order valence-electron chi connectivity index (χ4n) is 7.80. The summed E-state index contributed by atoms with van der Waals surface area (Å²) in [4.78, 5) is 15.5. The molecule has 51 heavy (non-hydrogen) atoms. The lowest BCUT2D eigenvalue weighted by Crippen LogP contribution is -2.06. The van der Waals surface area contributed by atoms with E-state index in [4.69, 9.17) is 15.0 Å². The molecule has 0 aliphatic heterocycles. The first-order valence-corrected chi connectivity index (χ1v) is 17.9. The quantitative estimate of drug-likeness (QED) is 0.187. The minimum absolute atomic E-state index is 0.594.